The predicted octanol–water partition coefficient (Wildman–Crippen LogP) is 3.47. The largest absolute Gasteiger partial charge is 0.465 e. The fraction of sp³-hybridized carbons (Fsp3) is 0.609. The fourth-order valence-electron chi connectivity index (χ4n) is 4.90. The molecule has 0 saturated carbocycles. The van der Waals surface area contributed by atoms with Gasteiger partial charge in [-0.1, -0.05) is 6.07 Å². The normalized spacial score (nSPS) is 21.6. The number of aromatic nitrogens is 1. The average molecular weight is 416 g/mol. The summed E-state index contributed by atoms with van der Waals surface area (Å²) in [5.74, 6) is 4.15. The molecule has 0 unspecified atom stereocenters. The van der Waals surface area contributed by atoms with Gasteiger partial charge in [-0.05, 0) is 57.2 Å². The summed E-state index contributed by atoms with van der Waals surface area (Å²) in [6.45, 7) is 9.63. The summed E-state index contributed by atoms with van der Waals surface area (Å²) < 4.78 is 7.98. The van der Waals surface area contributed by atoms with Gasteiger partial charge in [0.1, 0.15) is 11.5 Å². The number of piperidine rings is 1. The lowest BCUT2D eigenvalue weighted by atomic mass is 9.83. The Kier molecular flexibility index (Phi) is 6.23. The Morgan fingerprint density at radius 3 is 2.79 bits per heavy atom. The van der Waals surface area contributed by atoms with E-state index in [2.05, 4.69) is 52.8 Å². The van der Waals surface area contributed by atoms with E-state index in [9.17, 15) is 4.79 Å². The number of likely N-dealkylation sites (tertiary alicyclic amines) is 1. The summed E-state index contributed by atoms with van der Waals surface area (Å²) in [6, 6.07) is 6.45. The van der Waals surface area contributed by atoms with Gasteiger partial charge >= 0.3 is 0 Å². The zero-order valence-corrected chi connectivity index (χ0v) is 18.9. The number of pyridine rings is 1. The number of aryl methyl sites for hydroxylation is 2. The number of rotatable bonds is 7. The second kappa shape index (κ2) is 8.70. The van der Waals surface area contributed by atoms with Gasteiger partial charge in [0.2, 0.25) is 0 Å². The van der Waals surface area contributed by atoms with E-state index < -0.39 is 0 Å². The summed E-state index contributed by atoms with van der Waals surface area (Å²) in [6.07, 6.45) is 3.32. The van der Waals surface area contributed by atoms with Crippen LogP contribution in [0.3, 0.4) is 0 Å². The zero-order valence-electron chi connectivity index (χ0n) is 18.1. The van der Waals surface area contributed by atoms with E-state index in [-0.39, 0.29) is 5.56 Å². The van der Waals surface area contributed by atoms with Gasteiger partial charge in [0.15, 0.2) is 0 Å². The van der Waals surface area contributed by atoms with Crippen LogP contribution in [0.2, 0.25) is 0 Å². The van der Waals surface area contributed by atoms with Gasteiger partial charge in [-0.25, -0.2) is 0 Å². The average Bonchev–Trinajstić information content (AvgIpc) is 2.99. The van der Waals surface area contributed by atoms with Crippen molar-refractivity contribution in [3.05, 3.63) is 56.9 Å². The molecule has 4 rings (SSSR count). The fourth-order valence-corrected chi connectivity index (χ4v) is 5.40. The van der Waals surface area contributed by atoms with E-state index in [1.54, 1.807) is 0 Å². The number of hydrogen-bond donors (Lipinski definition) is 0. The monoisotopic (exact) mass is 415 g/mol. The molecular weight excluding hydrogens is 382 g/mol. The van der Waals surface area contributed by atoms with Crippen LogP contribution in [0.4, 0.5) is 0 Å². The molecule has 5 nitrogen and oxygen atoms in total. The number of furan rings is 1. The maximum absolute atomic E-state index is 13.2. The molecule has 2 aliphatic heterocycles. The molecule has 4 heterocycles. The number of nitrogens with zero attached hydrogens (tertiary/aromatic N) is 3. The van der Waals surface area contributed by atoms with Gasteiger partial charge in [0.05, 0.1) is 6.54 Å². The van der Waals surface area contributed by atoms with Gasteiger partial charge in [-0.3, -0.25) is 9.69 Å². The maximum atomic E-state index is 13.2. The summed E-state index contributed by atoms with van der Waals surface area (Å²) in [4.78, 5) is 17.9. The summed E-state index contributed by atoms with van der Waals surface area (Å²) >= 11 is 1.85. The maximum Gasteiger partial charge on any atom is 0.255 e. The third-order valence-electron chi connectivity index (χ3n) is 6.47. The highest BCUT2D eigenvalue weighted by Crippen LogP contribution is 2.36. The molecule has 2 bridgehead atoms. The zero-order chi connectivity index (χ0) is 20.5. The SMILES string of the molecule is CSCCN(C)Cc1ccc2n(c1=O)C[C@H]1C[C@@H]2CN(Cc2cc(C)c(C)o2)C1. The Balaban J connectivity index is 1.49. The van der Waals surface area contributed by atoms with Crippen molar-refractivity contribution in [2.75, 3.05) is 38.7 Å². The molecule has 2 aromatic heterocycles. The summed E-state index contributed by atoms with van der Waals surface area (Å²) in [7, 11) is 2.10. The van der Waals surface area contributed by atoms with Crippen LogP contribution in [0.15, 0.2) is 27.4 Å². The van der Waals surface area contributed by atoms with E-state index in [1.165, 1.54) is 17.7 Å². The highest BCUT2D eigenvalue weighted by atomic mass is 32.2. The van der Waals surface area contributed by atoms with Gasteiger partial charge in [-0.2, -0.15) is 11.8 Å². The Morgan fingerprint density at radius 1 is 1.24 bits per heavy atom. The van der Waals surface area contributed by atoms with Crippen LogP contribution in [-0.2, 0) is 19.6 Å². The quantitative estimate of drug-likeness (QED) is 0.693. The van der Waals surface area contributed by atoms with Crippen LogP contribution in [0.1, 0.15) is 40.7 Å². The minimum atomic E-state index is 0.221. The number of hydrogen-bond acceptors (Lipinski definition) is 5. The molecule has 0 aliphatic carbocycles. The molecule has 2 aliphatic rings. The van der Waals surface area contributed by atoms with Crippen molar-refractivity contribution in [1.82, 2.24) is 14.4 Å². The van der Waals surface area contributed by atoms with Crippen LogP contribution in [0, 0.1) is 19.8 Å². The summed E-state index contributed by atoms with van der Waals surface area (Å²) in [5.41, 5.74) is 3.59. The molecule has 6 heteroatoms. The molecule has 2 aromatic rings. The first-order valence-electron chi connectivity index (χ1n) is 10.6. The molecule has 1 saturated heterocycles. The first kappa shape index (κ1) is 20.8. The molecule has 158 valence electrons. The topological polar surface area (TPSA) is 41.6 Å². The van der Waals surface area contributed by atoms with E-state index in [1.807, 2.05) is 18.7 Å². The Bertz CT molecular complexity index is 900. The van der Waals surface area contributed by atoms with Crippen molar-refractivity contribution in [2.45, 2.75) is 45.8 Å². The minimum absolute atomic E-state index is 0.221. The van der Waals surface area contributed by atoms with Crippen molar-refractivity contribution in [3.63, 3.8) is 0 Å². The molecule has 2 atom stereocenters. The molecule has 0 radical (unpaired) electrons. The molecule has 0 amide bonds. The molecule has 0 spiro atoms. The Morgan fingerprint density at radius 2 is 2.07 bits per heavy atom. The van der Waals surface area contributed by atoms with Crippen LogP contribution >= 0.6 is 11.8 Å². The van der Waals surface area contributed by atoms with Crippen molar-refractivity contribution >= 4 is 11.8 Å². The van der Waals surface area contributed by atoms with Gasteiger partial charge in [0, 0.05) is 55.7 Å². The smallest absolute Gasteiger partial charge is 0.255 e. The van der Waals surface area contributed by atoms with Crippen molar-refractivity contribution in [1.29, 1.82) is 0 Å². The number of thioether (sulfide) groups is 1. The van der Waals surface area contributed by atoms with Gasteiger partial charge in [0.25, 0.3) is 5.56 Å². The molecule has 29 heavy (non-hydrogen) atoms. The highest BCUT2D eigenvalue weighted by Gasteiger charge is 2.35. The molecular formula is C23H33N3O2S. The number of fused-ring (bicyclic) bond motifs is 4. The van der Waals surface area contributed by atoms with Crippen LogP contribution in [0.5, 0.6) is 0 Å². The van der Waals surface area contributed by atoms with Crippen LogP contribution in [0.25, 0.3) is 0 Å². The van der Waals surface area contributed by atoms with Crippen molar-refractivity contribution in [3.8, 4) is 0 Å². The van der Waals surface area contributed by atoms with E-state index in [0.717, 1.165) is 62.1 Å². The van der Waals surface area contributed by atoms with Gasteiger partial charge in [-0.15, -0.1) is 0 Å². The van der Waals surface area contributed by atoms with E-state index in [0.29, 0.717) is 11.8 Å². The lowest BCUT2D eigenvalue weighted by Crippen LogP contribution is -2.47. The highest BCUT2D eigenvalue weighted by molar-refractivity contribution is 7.98. The van der Waals surface area contributed by atoms with E-state index in [4.69, 9.17) is 4.42 Å². The predicted molar refractivity (Wildman–Crippen MR) is 120 cm³/mol. The van der Waals surface area contributed by atoms with E-state index >= 15 is 0 Å². The molecule has 0 aromatic carbocycles. The third kappa shape index (κ3) is 4.49. The second-order valence-electron chi connectivity index (χ2n) is 8.87. The first-order valence-corrected chi connectivity index (χ1v) is 12.0. The van der Waals surface area contributed by atoms with Crippen LogP contribution < -0.4 is 5.56 Å². The van der Waals surface area contributed by atoms with Crippen LogP contribution in [-0.4, -0.2) is 53.1 Å². The lowest BCUT2D eigenvalue weighted by Gasteiger charge is -2.42. The third-order valence-corrected chi connectivity index (χ3v) is 7.06. The lowest BCUT2D eigenvalue weighted by molar-refractivity contribution is 0.107. The second-order valence-corrected chi connectivity index (χ2v) is 9.86. The van der Waals surface area contributed by atoms with Crippen molar-refractivity contribution in [2.24, 2.45) is 5.92 Å². The summed E-state index contributed by atoms with van der Waals surface area (Å²) in [5, 5.41) is 0. The van der Waals surface area contributed by atoms with Crippen molar-refractivity contribution < 1.29 is 4.42 Å². The standard InChI is InChI=1S/C23H33N3O2S/c1-16-9-21(28-17(16)2)15-25-11-18-10-20(14-25)22-6-5-19(23(27)26(22)12-18)13-24(3)7-8-29-4/h5-6,9,18,20H,7-8,10-15H2,1-4H3/t18-,20+/m0/s1. The van der Waals surface area contributed by atoms with Gasteiger partial charge < -0.3 is 13.9 Å². The Hall–Kier alpha value is -1.50. The first-order chi connectivity index (χ1) is 13.9. The molecule has 0 N–H and O–H groups in total. The molecule has 1 fully saturated rings. The minimum Gasteiger partial charge on any atom is -0.465 e. The Labute approximate surface area is 178 Å².